The molecule has 0 spiro atoms. The maximum atomic E-state index is 9.59. The molecule has 1 aliphatic heterocycles. The zero-order valence-electron chi connectivity index (χ0n) is 13.6. The molecule has 0 saturated carbocycles. The lowest BCUT2D eigenvalue weighted by Crippen LogP contribution is -2.21. The van der Waals surface area contributed by atoms with Crippen LogP contribution in [-0.4, -0.2) is 14.1 Å². The number of hydrogen-bond donors (Lipinski definition) is 1. The van der Waals surface area contributed by atoms with E-state index in [2.05, 4.69) is 6.07 Å². The highest BCUT2D eigenvalue weighted by atomic mass is 35.5. The first-order valence-electron chi connectivity index (χ1n) is 7.58. The summed E-state index contributed by atoms with van der Waals surface area (Å²) in [5, 5.41) is 9.59. The third-order valence-corrected chi connectivity index (χ3v) is 4.47. The molecule has 0 bridgehead atoms. The van der Waals surface area contributed by atoms with Crippen LogP contribution in [0, 0.1) is 11.3 Å². The van der Waals surface area contributed by atoms with Gasteiger partial charge in [0.05, 0.1) is 5.92 Å². The number of halogens is 1. The van der Waals surface area contributed by atoms with Gasteiger partial charge >= 0.3 is 0 Å². The highest BCUT2D eigenvalue weighted by molar-refractivity contribution is 6.17. The molecule has 0 radical (unpaired) electrons. The lowest BCUT2D eigenvalue weighted by Gasteiger charge is -2.28. The first-order valence-corrected chi connectivity index (χ1v) is 8.12. The van der Waals surface area contributed by atoms with Crippen LogP contribution in [0.15, 0.2) is 53.9 Å². The lowest BCUT2D eigenvalue weighted by atomic mass is 9.83. The Kier molecular flexibility index (Phi) is 4.37. The van der Waals surface area contributed by atoms with Crippen LogP contribution in [0.25, 0.3) is 0 Å². The summed E-state index contributed by atoms with van der Waals surface area (Å²) in [4.78, 5) is 1.99. The van der Waals surface area contributed by atoms with E-state index < -0.39 is 0 Å². The molecule has 0 fully saturated rings. The fraction of sp³-hybridized carbons (Fsp3) is 0.211. The quantitative estimate of drug-likeness (QED) is 0.866. The predicted octanol–water partition coefficient (Wildman–Crippen LogP) is 3.71. The molecule has 2 aromatic rings. The minimum absolute atomic E-state index is 0.155. The first-order chi connectivity index (χ1) is 11.5. The summed E-state index contributed by atoms with van der Waals surface area (Å²) in [6.45, 7) is 0. The molecular formula is C19H18ClN3O. The van der Waals surface area contributed by atoms with E-state index in [1.54, 1.807) is 0 Å². The van der Waals surface area contributed by atoms with Crippen LogP contribution in [0.4, 0.5) is 5.69 Å². The molecule has 1 heterocycles. The molecule has 0 amide bonds. The maximum Gasteiger partial charge on any atom is 0.205 e. The number of rotatable bonds is 3. The number of allylic oxidation sites excluding steroid dienone is 1. The van der Waals surface area contributed by atoms with Gasteiger partial charge in [0, 0.05) is 37.3 Å². The van der Waals surface area contributed by atoms with Crippen molar-refractivity contribution in [1.82, 2.24) is 0 Å². The fourth-order valence-corrected chi connectivity index (χ4v) is 3.09. The number of alkyl halides is 1. The SMILES string of the molecule is CN(C)c1ccc2c(c1)OC(N)=C(C#N)C2c1cccc(CCl)c1. The summed E-state index contributed by atoms with van der Waals surface area (Å²) in [6, 6.07) is 16.1. The molecule has 0 aliphatic carbocycles. The van der Waals surface area contributed by atoms with E-state index >= 15 is 0 Å². The molecule has 2 aromatic carbocycles. The molecule has 122 valence electrons. The van der Waals surface area contributed by atoms with Gasteiger partial charge in [0.1, 0.15) is 17.4 Å². The predicted molar refractivity (Wildman–Crippen MR) is 96.1 cm³/mol. The second kappa shape index (κ2) is 6.46. The van der Waals surface area contributed by atoms with Crippen molar-refractivity contribution in [2.24, 2.45) is 5.73 Å². The van der Waals surface area contributed by atoms with Gasteiger partial charge in [-0.3, -0.25) is 0 Å². The number of fused-ring (bicyclic) bond motifs is 1. The van der Waals surface area contributed by atoms with E-state index in [1.165, 1.54) is 0 Å². The molecule has 1 atom stereocenters. The van der Waals surface area contributed by atoms with Crippen molar-refractivity contribution < 1.29 is 4.74 Å². The normalized spacial score (nSPS) is 16.2. The Morgan fingerprint density at radius 1 is 1.25 bits per heavy atom. The first kappa shape index (κ1) is 16.2. The third kappa shape index (κ3) is 2.79. The van der Waals surface area contributed by atoms with Gasteiger partial charge in [-0.15, -0.1) is 11.6 Å². The van der Waals surface area contributed by atoms with Crippen molar-refractivity contribution >= 4 is 17.3 Å². The average Bonchev–Trinajstić information content (AvgIpc) is 2.59. The summed E-state index contributed by atoms with van der Waals surface area (Å²) < 4.78 is 5.72. The second-order valence-corrected chi connectivity index (χ2v) is 6.19. The fourth-order valence-electron chi connectivity index (χ4n) is 2.92. The van der Waals surface area contributed by atoms with Gasteiger partial charge in [-0.05, 0) is 17.2 Å². The van der Waals surface area contributed by atoms with Crippen molar-refractivity contribution in [3.8, 4) is 11.8 Å². The largest absolute Gasteiger partial charge is 0.440 e. The van der Waals surface area contributed by atoms with Crippen molar-refractivity contribution in [3.05, 3.63) is 70.6 Å². The molecule has 3 rings (SSSR count). The van der Waals surface area contributed by atoms with Gasteiger partial charge in [0.2, 0.25) is 5.88 Å². The van der Waals surface area contributed by atoms with Crippen LogP contribution in [0.1, 0.15) is 22.6 Å². The van der Waals surface area contributed by atoms with Crippen LogP contribution < -0.4 is 15.4 Å². The number of nitrogens with two attached hydrogens (primary N) is 1. The van der Waals surface area contributed by atoms with Gasteiger partial charge < -0.3 is 15.4 Å². The molecule has 24 heavy (non-hydrogen) atoms. The van der Waals surface area contributed by atoms with E-state index in [-0.39, 0.29) is 11.8 Å². The highest BCUT2D eigenvalue weighted by Gasteiger charge is 2.30. The molecule has 0 aromatic heterocycles. The Morgan fingerprint density at radius 2 is 2.04 bits per heavy atom. The van der Waals surface area contributed by atoms with E-state index in [0.29, 0.717) is 17.2 Å². The van der Waals surface area contributed by atoms with Crippen LogP contribution >= 0.6 is 11.6 Å². The number of nitrogens with zero attached hydrogens (tertiary/aromatic N) is 2. The number of hydrogen-bond acceptors (Lipinski definition) is 4. The lowest BCUT2D eigenvalue weighted by molar-refractivity contribution is 0.394. The van der Waals surface area contributed by atoms with Crippen LogP contribution in [0.2, 0.25) is 0 Å². The van der Waals surface area contributed by atoms with Gasteiger partial charge in [-0.2, -0.15) is 5.26 Å². The molecule has 1 aliphatic rings. The molecule has 1 unspecified atom stereocenters. The molecule has 2 N–H and O–H groups in total. The standard InChI is InChI=1S/C19H18ClN3O/c1-23(2)14-6-7-15-17(9-14)24-19(22)16(11-21)18(15)13-5-3-4-12(8-13)10-20/h3-9,18H,10,22H2,1-2H3. The van der Waals surface area contributed by atoms with E-state index in [1.807, 2.05) is 61.5 Å². The Morgan fingerprint density at radius 3 is 2.71 bits per heavy atom. The monoisotopic (exact) mass is 339 g/mol. The number of benzene rings is 2. The minimum atomic E-state index is -0.252. The van der Waals surface area contributed by atoms with Crippen LogP contribution in [-0.2, 0) is 5.88 Å². The summed E-state index contributed by atoms with van der Waals surface area (Å²) in [5.74, 6) is 1.00. The van der Waals surface area contributed by atoms with Gasteiger partial charge in [0.25, 0.3) is 0 Å². The molecule has 0 saturated heterocycles. The minimum Gasteiger partial charge on any atom is -0.440 e. The summed E-state index contributed by atoms with van der Waals surface area (Å²) in [5.41, 5.74) is 10.4. The summed E-state index contributed by atoms with van der Waals surface area (Å²) in [6.07, 6.45) is 0. The number of anilines is 1. The van der Waals surface area contributed by atoms with Gasteiger partial charge in [0.15, 0.2) is 0 Å². The Bertz CT molecular complexity index is 852. The van der Waals surface area contributed by atoms with E-state index in [9.17, 15) is 5.26 Å². The van der Waals surface area contributed by atoms with Crippen molar-refractivity contribution in [2.45, 2.75) is 11.8 Å². The molecule has 5 heteroatoms. The molecule has 4 nitrogen and oxygen atoms in total. The van der Waals surface area contributed by atoms with Crippen LogP contribution in [0.3, 0.4) is 0 Å². The summed E-state index contributed by atoms with van der Waals surface area (Å²) >= 11 is 5.96. The highest BCUT2D eigenvalue weighted by Crippen LogP contribution is 2.43. The Balaban J connectivity index is 2.18. The topological polar surface area (TPSA) is 62.3 Å². The average molecular weight is 340 g/mol. The van der Waals surface area contributed by atoms with Crippen molar-refractivity contribution in [3.63, 3.8) is 0 Å². The third-order valence-electron chi connectivity index (χ3n) is 4.16. The molecular weight excluding hydrogens is 322 g/mol. The number of ether oxygens (including phenoxy) is 1. The van der Waals surface area contributed by atoms with Crippen LogP contribution in [0.5, 0.6) is 5.75 Å². The second-order valence-electron chi connectivity index (χ2n) is 5.92. The van der Waals surface area contributed by atoms with Crippen molar-refractivity contribution in [1.29, 1.82) is 5.26 Å². The van der Waals surface area contributed by atoms with E-state index in [0.717, 1.165) is 22.4 Å². The Hall–Kier alpha value is -2.64. The summed E-state index contributed by atoms with van der Waals surface area (Å²) in [7, 11) is 3.93. The smallest absolute Gasteiger partial charge is 0.205 e. The zero-order valence-corrected chi connectivity index (χ0v) is 14.3. The maximum absolute atomic E-state index is 9.59. The Labute approximate surface area is 146 Å². The van der Waals surface area contributed by atoms with Gasteiger partial charge in [-0.1, -0.05) is 30.3 Å². The zero-order chi connectivity index (χ0) is 17.3. The number of nitriles is 1. The van der Waals surface area contributed by atoms with Gasteiger partial charge in [-0.25, -0.2) is 0 Å². The van der Waals surface area contributed by atoms with Crippen molar-refractivity contribution in [2.75, 3.05) is 19.0 Å². The van der Waals surface area contributed by atoms with E-state index in [4.69, 9.17) is 22.1 Å².